The van der Waals surface area contributed by atoms with Crippen molar-refractivity contribution in [1.29, 1.82) is 0 Å². The molecule has 2 aromatic rings. The summed E-state index contributed by atoms with van der Waals surface area (Å²) in [5.74, 6) is -0.431. The lowest BCUT2D eigenvalue weighted by Crippen LogP contribution is -2.13. The fraction of sp³-hybridized carbons (Fsp3) is 0.0833. The van der Waals surface area contributed by atoms with Gasteiger partial charge in [-0.05, 0) is 24.3 Å². The van der Waals surface area contributed by atoms with Gasteiger partial charge < -0.3 is 10.1 Å². The van der Waals surface area contributed by atoms with Crippen LogP contribution in [0.25, 0.3) is 0 Å². The molecule has 0 aliphatic carbocycles. The van der Waals surface area contributed by atoms with Gasteiger partial charge >= 0.3 is 0 Å². The van der Waals surface area contributed by atoms with Crippen molar-refractivity contribution in [3.05, 3.63) is 57.8 Å². The number of nitrogens with one attached hydrogen (secondary N) is 1. The summed E-state index contributed by atoms with van der Waals surface area (Å²) in [7, 11) is 0. The Morgan fingerprint density at radius 3 is 2.65 bits per heavy atom. The molecule has 2 N–H and O–H groups in total. The molecule has 88 valence electrons. The highest BCUT2D eigenvalue weighted by molar-refractivity contribution is 6.35. The summed E-state index contributed by atoms with van der Waals surface area (Å²) in [6, 6.07) is 7.88. The van der Waals surface area contributed by atoms with Crippen LogP contribution in [0.5, 0.6) is 0 Å². The summed E-state index contributed by atoms with van der Waals surface area (Å²) in [4.78, 5) is 14.6. The molecular formula is C12H9Cl2NO2. The summed E-state index contributed by atoms with van der Waals surface area (Å²) in [5.41, 5.74) is 0.680. The smallest absolute Gasteiger partial charge is 0.211 e. The van der Waals surface area contributed by atoms with Crippen molar-refractivity contribution in [2.45, 2.75) is 6.10 Å². The molecule has 0 aliphatic rings. The average molecular weight is 270 g/mol. The molecule has 0 aliphatic heterocycles. The molecule has 5 heteroatoms. The number of Topliss-reactive ketones (excluding diaryl/α,β-unsaturated/α-hetero) is 1. The molecule has 17 heavy (non-hydrogen) atoms. The van der Waals surface area contributed by atoms with Gasteiger partial charge in [0.1, 0.15) is 6.10 Å². The van der Waals surface area contributed by atoms with E-state index in [2.05, 4.69) is 4.98 Å². The van der Waals surface area contributed by atoms with Crippen molar-refractivity contribution in [1.82, 2.24) is 4.98 Å². The van der Waals surface area contributed by atoms with E-state index in [1.165, 1.54) is 12.1 Å². The molecular weight excluding hydrogens is 261 g/mol. The molecule has 1 heterocycles. The molecule has 1 aromatic heterocycles. The summed E-state index contributed by atoms with van der Waals surface area (Å²) in [6.07, 6.45) is 0.321. The maximum Gasteiger partial charge on any atom is 0.211 e. The third-order valence-corrected chi connectivity index (χ3v) is 2.93. The lowest BCUT2D eigenvalue weighted by Gasteiger charge is -2.10. The summed E-state index contributed by atoms with van der Waals surface area (Å²) in [5, 5.41) is 10.7. The highest BCUT2D eigenvalue weighted by atomic mass is 35.5. The van der Waals surface area contributed by atoms with E-state index in [-0.39, 0.29) is 5.02 Å². The van der Waals surface area contributed by atoms with Crippen LogP contribution < -0.4 is 0 Å². The van der Waals surface area contributed by atoms with Gasteiger partial charge in [0.05, 0.1) is 5.69 Å². The van der Waals surface area contributed by atoms with Crippen molar-refractivity contribution in [3.8, 4) is 0 Å². The van der Waals surface area contributed by atoms with Crippen LogP contribution in [0.2, 0.25) is 10.0 Å². The zero-order valence-electron chi connectivity index (χ0n) is 8.65. The maximum absolute atomic E-state index is 11.9. The van der Waals surface area contributed by atoms with Crippen molar-refractivity contribution in [2.24, 2.45) is 0 Å². The SMILES string of the molecule is O=C(c1ccc[nH]1)C(O)c1ccc(Cl)cc1Cl. The molecule has 0 bridgehead atoms. The Hall–Kier alpha value is -1.29. The van der Waals surface area contributed by atoms with Gasteiger partial charge in [-0.15, -0.1) is 0 Å². The first kappa shape index (κ1) is 12.2. The first-order valence-corrected chi connectivity index (χ1v) is 5.66. The van der Waals surface area contributed by atoms with E-state index in [9.17, 15) is 9.90 Å². The number of hydrogen-bond acceptors (Lipinski definition) is 2. The second-order valence-electron chi connectivity index (χ2n) is 3.52. The number of carbonyl (C=O) groups excluding carboxylic acids is 1. The molecule has 0 radical (unpaired) electrons. The Morgan fingerprint density at radius 1 is 1.29 bits per heavy atom. The van der Waals surface area contributed by atoms with E-state index < -0.39 is 11.9 Å². The van der Waals surface area contributed by atoms with Gasteiger partial charge in [-0.25, -0.2) is 0 Å². The number of aliphatic hydroxyl groups is 1. The molecule has 1 atom stereocenters. The van der Waals surface area contributed by atoms with Crippen molar-refractivity contribution >= 4 is 29.0 Å². The first-order chi connectivity index (χ1) is 8.09. The number of benzene rings is 1. The normalized spacial score (nSPS) is 12.4. The molecule has 3 nitrogen and oxygen atoms in total. The number of aromatic amines is 1. The Balaban J connectivity index is 2.31. The van der Waals surface area contributed by atoms with Crippen LogP contribution in [0.3, 0.4) is 0 Å². The minimum Gasteiger partial charge on any atom is -0.380 e. The lowest BCUT2D eigenvalue weighted by molar-refractivity contribution is 0.0743. The maximum atomic E-state index is 11.9. The highest BCUT2D eigenvalue weighted by Crippen LogP contribution is 2.28. The van der Waals surface area contributed by atoms with E-state index >= 15 is 0 Å². The van der Waals surface area contributed by atoms with Crippen LogP contribution in [0.15, 0.2) is 36.5 Å². The molecule has 2 rings (SSSR count). The predicted octanol–water partition coefficient (Wildman–Crippen LogP) is 3.24. The molecule has 0 saturated heterocycles. The zero-order valence-corrected chi connectivity index (χ0v) is 10.2. The van der Waals surface area contributed by atoms with Crippen molar-refractivity contribution in [2.75, 3.05) is 0 Å². The van der Waals surface area contributed by atoms with E-state index in [4.69, 9.17) is 23.2 Å². The van der Waals surface area contributed by atoms with E-state index in [0.717, 1.165) is 0 Å². The Bertz CT molecular complexity index is 537. The van der Waals surface area contributed by atoms with Crippen LogP contribution in [-0.2, 0) is 0 Å². The van der Waals surface area contributed by atoms with E-state index in [1.54, 1.807) is 24.4 Å². The number of carbonyl (C=O) groups is 1. The van der Waals surface area contributed by atoms with Crippen molar-refractivity contribution < 1.29 is 9.90 Å². The Morgan fingerprint density at radius 2 is 2.06 bits per heavy atom. The van der Waals surface area contributed by atoms with Gasteiger partial charge in [-0.1, -0.05) is 29.3 Å². The van der Waals surface area contributed by atoms with Gasteiger partial charge in [-0.3, -0.25) is 4.79 Å². The third kappa shape index (κ3) is 2.52. The number of halogens is 2. The molecule has 1 unspecified atom stereocenters. The largest absolute Gasteiger partial charge is 0.380 e. The summed E-state index contributed by atoms with van der Waals surface area (Å²) >= 11 is 11.7. The second-order valence-corrected chi connectivity index (χ2v) is 4.36. The molecule has 1 aromatic carbocycles. The topological polar surface area (TPSA) is 53.1 Å². The standard InChI is InChI=1S/C12H9Cl2NO2/c13-7-3-4-8(9(14)6-7)11(16)12(17)10-2-1-5-15-10/h1-6,11,15-16H. The molecule has 0 amide bonds. The predicted molar refractivity (Wildman–Crippen MR) is 66.5 cm³/mol. The van der Waals surface area contributed by atoms with Crippen LogP contribution in [0.4, 0.5) is 0 Å². The Labute approximate surface area is 108 Å². The first-order valence-electron chi connectivity index (χ1n) is 4.90. The fourth-order valence-electron chi connectivity index (χ4n) is 1.50. The number of rotatable bonds is 3. The van der Waals surface area contributed by atoms with Crippen LogP contribution in [0, 0.1) is 0 Å². The molecule has 0 saturated carbocycles. The zero-order chi connectivity index (χ0) is 12.4. The monoisotopic (exact) mass is 269 g/mol. The van der Waals surface area contributed by atoms with Crippen molar-refractivity contribution in [3.63, 3.8) is 0 Å². The number of ketones is 1. The van der Waals surface area contributed by atoms with Gasteiger partial charge in [0, 0.05) is 21.8 Å². The van der Waals surface area contributed by atoms with Gasteiger partial charge in [-0.2, -0.15) is 0 Å². The second kappa shape index (κ2) is 4.92. The average Bonchev–Trinajstić information content (AvgIpc) is 2.80. The van der Waals surface area contributed by atoms with E-state index in [1.807, 2.05) is 0 Å². The minimum absolute atomic E-state index is 0.268. The third-order valence-electron chi connectivity index (χ3n) is 2.37. The lowest BCUT2D eigenvalue weighted by atomic mass is 10.0. The molecule has 0 spiro atoms. The van der Waals surface area contributed by atoms with Gasteiger partial charge in [0.15, 0.2) is 0 Å². The number of hydrogen-bond donors (Lipinski definition) is 2. The van der Waals surface area contributed by atoms with E-state index in [0.29, 0.717) is 16.3 Å². The van der Waals surface area contributed by atoms with Crippen LogP contribution in [-0.4, -0.2) is 15.9 Å². The van der Waals surface area contributed by atoms with Crippen LogP contribution >= 0.6 is 23.2 Å². The van der Waals surface area contributed by atoms with Gasteiger partial charge in [0.25, 0.3) is 0 Å². The number of H-pyrrole nitrogens is 1. The minimum atomic E-state index is -1.29. The summed E-state index contributed by atoms with van der Waals surface area (Å²) < 4.78 is 0. The Kier molecular flexibility index (Phi) is 3.52. The quantitative estimate of drug-likeness (QED) is 0.841. The summed E-state index contributed by atoms with van der Waals surface area (Å²) in [6.45, 7) is 0. The molecule has 0 fully saturated rings. The fourth-order valence-corrected chi connectivity index (χ4v) is 2.01. The highest BCUT2D eigenvalue weighted by Gasteiger charge is 2.22. The van der Waals surface area contributed by atoms with Gasteiger partial charge in [0.2, 0.25) is 5.78 Å². The number of aliphatic hydroxyl groups excluding tert-OH is 1. The number of aromatic nitrogens is 1. The van der Waals surface area contributed by atoms with Crippen LogP contribution in [0.1, 0.15) is 22.2 Å².